The summed E-state index contributed by atoms with van der Waals surface area (Å²) in [6.45, 7) is 9.55. The smallest absolute Gasteiger partial charge is 0.416 e. The molecular weight excluding hydrogens is 404 g/mol. The van der Waals surface area contributed by atoms with Crippen LogP contribution in [0.3, 0.4) is 0 Å². The lowest BCUT2D eigenvalue weighted by Crippen LogP contribution is -2.54. The fraction of sp³-hybridized carbons (Fsp3) is 0.308. The number of ether oxygens (including phenoxy) is 2. The predicted molar refractivity (Wildman–Crippen MR) is 124 cm³/mol. The van der Waals surface area contributed by atoms with E-state index < -0.39 is 17.2 Å². The molecule has 0 spiro atoms. The van der Waals surface area contributed by atoms with Crippen LogP contribution in [0.1, 0.15) is 38.3 Å². The number of carbonyl (C=O) groups is 2. The first-order valence-corrected chi connectivity index (χ1v) is 10.5. The molecule has 0 saturated carbocycles. The van der Waals surface area contributed by atoms with Gasteiger partial charge in [0.25, 0.3) is 0 Å². The average Bonchev–Trinajstić information content (AvgIpc) is 2.74. The van der Waals surface area contributed by atoms with Crippen molar-refractivity contribution in [1.29, 1.82) is 0 Å². The fourth-order valence-corrected chi connectivity index (χ4v) is 3.64. The van der Waals surface area contributed by atoms with Crippen molar-refractivity contribution in [3.05, 3.63) is 90.4 Å². The van der Waals surface area contributed by atoms with Gasteiger partial charge < -0.3 is 14.4 Å². The minimum absolute atomic E-state index is 0.0632. The largest absolute Gasteiger partial charge is 0.465 e. The molecule has 2 aromatic carbocycles. The minimum Gasteiger partial charge on any atom is -0.465 e. The van der Waals surface area contributed by atoms with Gasteiger partial charge >= 0.3 is 6.09 Å². The molecule has 2 aromatic rings. The topological polar surface area (TPSA) is 59.1 Å². The zero-order valence-corrected chi connectivity index (χ0v) is 19.3. The molecule has 3 rings (SSSR count). The third-order valence-electron chi connectivity index (χ3n) is 5.20. The van der Waals surface area contributed by atoms with Crippen molar-refractivity contribution in [2.24, 2.45) is 0 Å². The third-order valence-corrected chi connectivity index (χ3v) is 5.20. The maximum Gasteiger partial charge on any atom is 0.416 e. The second-order valence-electron chi connectivity index (χ2n) is 8.92. The quantitative estimate of drug-likeness (QED) is 0.669. The molecule has 0 saturated heterocycles. The van der Waals surface area contributed by atoms with Crippen LogP contribution in [0.25, 0.3) is 5.70 Å². The monoisotopic (exact) mass is 434 g/mol. The molecule has 1 heterocycles. The number of rotatable bonds is 4. The normalized spacial score (nSPS) is 18.5. The molecule has 0 bridgehead atoms. The van der Waals surface area contributed by atoms with E-state index in [0.29, 0.717) is 11.3 Å². The fourth-order valence-electron chi connectivity index (χ4n) is 3.64. The minimum atomic E-state index is -1.30. The molecule has 1 atom stereocenters. The summed E-state index contributed by atoms with van der Waals surface area (Å²) < 4.78 is 11.8. The maximum atomic E-state index is 13.7. The summed E-state index contributed by atoms with van der Waals surface area (Å²) in [5, 5.41) is 0. The highest BCUT2D eigenvalue weighted by Crippen LogP contribution is 2.47. The van der Waals surface area contributed by atoms with Gasteiger partial charge in [0.15, 0.2) is 0 Å². The van der Waals surface area contributed by atoms with Gasteiger partial charge in [0.2, 0.25) is 5.91 Å². The second kappa shape index (κ2) is 8.91. The molecule has 0 aliphatic carbocycles. The summed E-state index contributed by atoms with van der Waals surface area (Å²) in [7, 11) is 3.36. The Bertz CT molecular complexity index is 1020. The van der Waals surface area contributed by atoms with Gasteiger partial charge in [-0.2, -0.15) is 0 Å². The van der Waals surface area contributed by atoms with Crippen molar-refractivity contribution in [3.8, 4) is 0 Å². The Morgan fingerprint density at radius 3 is 2.12 bits per heavy atom. The molecule has 0 aromatic heterocycles. The lowest BCUT2D eigenvalue weighted by Gasteiger charge is -2.47. The second-order valence-corrected chi connectivity index (χ2v) is 8.92. The molecule has 6 nitrogen and oxygen atoms in total. The van der Waals surface area contributed by atoms with Crippen LogP contribution in [0, 0.1) is 0 Å². The van der Waals surface area contributed by atoms with Crippen molar-refractivity contribution < 1.29 is 19.1 Å². The lowest BCUT2D eigenvalue weighted by atomic mass is 9.81. The molecule has 168 valence electrons. The van der Waals surface area contributed by atoms with E-state index >= 15 is 0 Å². The molecule has 1 unspecified atom stereocenters. The molecule has 6 heteroatoms. The van der Waals surface area contributed by atoms with Crippen molar-refractivity contribution in [2.75, 3.05) is 14.1 Å². The first-order chi connectivity index (χ1) is 15.1. The number of carbonyl (C=O) groups excluding carboxylic acids is 2. The summed E-state index contributed by atoms with van der Waals surface area (Å²) in [6.07, 6.45) is 0.835. The molecule has 0 fully saturated rings. The van der Waals surface area contributed by atoms with Gasteiger partial charge in [-0.3, -0.25) is 9.69 Å². The van der Waals surface area contributed by atoms with E-state index in [9.17, 15) is 9.59 Å². The molecule has 1 aliphatic heterocycles. The predicted octanol–water partition coefficient (Wildman–Crippen LogP) is 5.14. The van der Waals surface area contributed by atoms with Gasteiger partial charge in [0, 0.05) is 19.7 Å². The average molecular weight is 435 g/mol. The first kappa shape index (κ1) is 23.1. The Labute approximate surface area is 189 Å². The Balaban J connectivity index is 2.29. The van der Waals surface area contributed by atoms with E-state index in [0.717, 1.165) is 5.56 Å². The van der Waals surface area contributed by atoms with Crippen LogP contribution in [0.15, 0.2) is 79.3 Å². The van der Waals surface area contributed by atoms with Gasteiger partial charge in [-0.25, -0.2) is 4.79 Å². The Hall–Kier alpha value is -3.54. The van der Waals surface area contributed by atoms with E-state index in [2.05, 4.69) is 6.58 Å². The highest BCUT2D eigenvalue weighted by atomic mass is 16.6. The van der Waals surface area contributed by atoms with E-state index in [1.54, 1.807) is 34.9 Å². The van der Waals surface area contributed by atoms with Crippen molar-refractivity contribution in [2.45, 2.75) is 38.3 Å². The Kier molecular flexibility index (Phi) is 6.44. The first-order valence-electron chi connectivity index (χ1n) is 10.5. The van der Waals surface area contributed by atoms with Crippen LogP contribution >= 0.6 is 0 Å². The van der Waals surface area contributed by atoms with Gasteiger partial charge in [-0.1, -0.05) is 67.2 Å². The highest BCUT2D eigenvalue weighted by Gasteiger charge is 2.52. The molecule has 32 heavy (non-hydrogen) atoms. The van der Waals surface area contributed by atoms with Crippen LogP contribution in [-0.4, -0.2) is 41.5 Å². The van der Waals surface area contributed by atoms with Gasteiger partial charge in [-0.05, 0) is 26.3 Å². The number of benzene rings is 2. The van der Waals surface area contributed by atoms with Crippen LogP contribution in [0.2, 0.25) is 0 Å². The number of nitrogens with zero attached hydrogens (tertiary/aromatic N) is 2. The summed E-state index contributed by atoms with van der Waals surface area (Å²) in [5.74, 6) is 0.0888. The number of amides is 2. The lowest BCUT2D eigenvalue weighted by molar-refractivity contribution is -0.131. The summed E-state index contributed by atoms with van der Waals surface area (Å²) in [6, 6.07) is 18.7. The van der Waals surface area contributed by atoms with Crippen LogP contribution in [0.5, 0.6) is 0 Å². The molecule has 1 aliphatic rings. The maximum absolute atomic E-state index is 13.7. The number of hydrogen-bond acceptors (Lipinski definition) is 4. The summed E-state index contributed by atoms with van der Waals surface area (Å²) >= 11 is 0. The van der Waals surface area contributed by atoms with E-state index in [1.807, 2.05) is 60.7 Å². The van der Waals surface area contributed by atoms with Crippen LogP contribution in [-0.2, 0) is 19.8 Å². The third kappa shape index (κ3) is 4.54. The Morgan fingerprint density at radius 2 is 1.59 bits per heavy atom. The molecule has 0 N–H and O–H groups in total. The Morgan fingerprint density at radius 1 is 1.03 bits per heavy atom. The van der Waals surface area contributed by atoms with E-state index in [-0.39, 0.29) is 18.1 Å². The summed E-state index contributed by atoms with van der Waals surface area (Å²) in [5.41, 5.74) is -0.101. The molecule has 0 radical (unpaired) electrons. The van der Waals surface area contributed by atoms with Crippen molar-refractivity contribution in [1.82, 2.24) is 9.80 Å². The van der Waals surface area contributed by atoms with Crippen molar-refractivity contribution >= 4 is 17.7 Å². The van der Waals surface area contributed by atoms with Gasteiger partial charge in [-0.15, -0.1) is 0 Å². The highest BCUT2D eigenvalue weighted by molar-refractivity contribution is 5.87. The van der Waals surface area contributed by atoms with Gasteiger partial charge in [0.05, 0.1) is 12.1 Å². The SMILES string of the molecule is C=C1OC=C(c2ccccc2)N(C(=O)OC(C)(C)C)C1(CC(=O)N(C)C)c1ccccc1. The summed E-state index contributed by atoms with van der Waals surface area (Å²) in [4.78, 5) is 29.8. The van der Waals surface area contributed by atoms with Crippen LogP contribution < -0.4 is 0 Å². The number of hydrogen-bond donors (Lipinski definition) is 0. The van der Waals surface area contributed by atoms with E-state index in [1.165, 1.54) is 16.1 Å². The molecule has 2 amide bonds. The van der Waals surface area contributed by atoms with Crippen molar-refractivity contribution in [3.63, 3.8) is 0 Å². The standard InChI is InChI=1S/C26H30N2O4/c1-19-26(17-23(29)27(5)6,21-15-11-8-12-16-21)28(24(30)32-25(2,3)4)22(18-31-19)20-13-9-7-10-14-20/h7-16,18H,1,17H2,2-6H3. The van der Waals surface area contributed by atoms with Crippen LogP contribution in [0.4, 0.5) is 4.79 Å². The van der Waals surface area contributed by atoms with Gasteiger partial charge in [0.1, 0.15) is 23.2 Å². The van der Waals surface area contributed by atoms with E-state index in [4.69, 9.17) is 9.47 Å². The zero-order valence-electron chi connectivity index (χ0n) is 19.3. The zero-order chi connectivity index (χ0) is 23.5. The molecular formula is C26H30N2O4.